The van der Waals surface area contributed by atoms with Crippen LogP contribution in [0.15, 0.2) is 106 Å². The van der Waals surface area contributed by atoms with Crippen LogP contribution in [0, 0.1) is 6.92 Å². The van der Waals surface area contributed by atoms with Gasteiger partial charge in [-0.15, -0.1) is 0 Å². The highest BCUT2D eigenvalue weighted by Crippen LogP contribution is 2.23. The van der Waals surface area contributed by atoms with E-state index in [1.807, 2.05) is 84.9 Å². The lowest BCUT2D eigenvalue weighted by Gasteiger charge is -2.25. The van der Waals surface area contributed by atoms with Crippen LogP contribution in [0.3, 0.4) is 0 Å². The maximum absolute atomic E-state index is 13.8. The Kier molecular flexibility index (Phi) is 9.97. The molecule has 46 heavy (non-hydrogen) atoms. The third-order valence-corrected chi connectivity index (χ3v) is 7.85. The minimum Gasteiger partial charge on any atom is -0.497 e. The first kappa shape index (κ1) is 31.8. The second-order valence-corrected chi connectivity index (χ2v) is 11.1. The molecule has 1 aromatic heterocycles. The van der Waals surface area contributed by atoms with Gasteiger partial charge in [0, 0.05) is 33.1 Å². The maximum atomic E-state index is 13.8. The van der Waals surface area contributed by atoms with Gasteiger partial charge in [-0.25, -0.2) is 9.59 Å². The Hall–Kier alpha value is -5.64. The number of rotatable bonds is 12. The summed E-state index contributed by atoms with van der Waals surface area (Å²) < 4.78 is 10.9. The summed E-state index contributed by atoms with van der Waals surface area (Å²) in [6.45, 7) is 2.43. The van der Waals surface area contributed by atoms with Crippen LogP contribution in [-0.4, -0.2) is 52.1 Å². The Bertz CT molecular complexity index is 1860. The molecule has 0 aliphatic carbocycles. The molecule has 10 nitrogen and oxygen atoms in total. The number of fused-ring (bicyclic) bond motifs is 1. The van der Waals surface area contributed by atoms with Gasteiger partial charge in [-0.05, 0) is 52.9 Å². The molecule has 4 aromatic carbocycles. The molecular formula is C36H36N4O6. The lowest BCUT2D eigenvalue weighted by molar-refractivity contribution is -0.131. The van der Waals surface area contributed by atoms with Crippen molar-refractivity contribution in [3.05, 3.63) is 135 Å². The number of amides is 2. The Balaban J connectivity index is 1.41. The maximum Gasteiger partial charge on any atom is 0.407 e. The summed E-state index contributed by atoms with van der Waals surface area (Å²) in [5.41, 5.74) is 3.70. The number of nitrogens with zero attached hydrogens (tertiary/aromatic N) is 3. The zero-order chi connectivity index (χ0) is 32.6. The molecule has 5 aromatic rings. The summed E-state index contributed by atoms with van der Waals surface area (Å²) in [4.78, 5) is 46.6. The SMILES string of the molecule is COc1ccc(C[C@H](Nc2nc3ccc(CN(Cc4ccccc4)C(=O)O)c(C)c3c(=O)o2)C(=O)N(C)Cc2ccccc2)cc1. The van der Waals surface area contributed by atoms with Crippen molar-refractivity contribution in [2.45, 2.75) is 39.0 Å². The summed E-state index contributed by atoms with van der Waals surface area (Å²) in [5, 5.41) is 13.2. The Morgan fingerprint density at radius 2 is 1.50 bits per heavy atom. The van der Waals surface area contributed by atoms with Gasteiger partial charge in [0.2, 0.25) is 5.91 Å². The molecule has 2 amide bonds. The number of nitrogens with one attached hydrogen (secondary N) is 1. The zero-order valence-corrected chi connectivity index (χ0v) is 26.0. The van der Waals surface area contributed by atoms with Crippen LogP contribution in [0.2, 0.25) is 0 Å². The summed E-state index contributed by atoms with van der Waals surface area (Å²) in [5.74, 6) is 0.493. The van der Waals surface area contributed by atoms with E-state index >= 15 is 0 Å². The molecule has 10 heteroatoms. The molecule has 0 aliphatic heterocycles. The number of aromatic nitrogens is 1. The Morgan fingerprint density at radius 1 is 0.870 bits per heavy atom. The quantitative estimate of drug-likeness (QED) is 0.178. The van der Waals surface area contributed by atoms with Gasteiger partial charge in [-0.2, -0.15) is 4.98 Å². The number of likely N-dealkylation sites (N-methyl/N-ethyl adjacent to an activating group) is 1. The highest BCUT2D eigenvalue weighted by molar-refractivity contribution is 5.86. The normalized spacial score (nSPS) is 11.5. The zero-order valence-electron chi connectivity index (χ0n) is 26.0. The van der Waals surface area contributed by atoms with E-state index in [2.05, 4.69) is 10.3 Å². The predicted molar refractivity (Wildman–Crippen MR) is 176 cm³/mol. The van der Waals surface area contributed by atoms with E-state index in [0.717, 1.165) is 16.7 Å². The lowest BCUT2D eigenvalue weighted by atomic mass is 10.0. The molecule has 0 saturated heterocycles. The fraction of sp³-hybridized carbons (Fsp3) is 0.222. The van der Waals surface area contributed by atoms with Crippen LogP contribution >= 0.6 is 0 Å². The number of carboxylic acid groups (broad SMARTS) is 1. The first-order valence-electron chi connectivity index (χ1n) is 14.9. The van der Waals surface area contributed by atoms with Gasteiger partial charge in [0.15, 0.2) is 0 Å². The topological polar surface area (TPSA) is 125 Å². The summed E-state index contributed by atoms with van der Waals surface area (Å²) >= 11 is 0. The minimum absolute atomic E-state index is 0.0810. The second kappa shape index (κ2) is 14.4. The predicted octanol–water partition coefficient (Wildman–Crippen LogP) is 5.87. The molecular weight excluding hydrogens is 584 g/mol. The van der Waals surface area contributed by atoms with Crippen LogP contribution in [0.25, 0.3) is 10.9 Å². The molecule has 0 bridgehead atoms. The number of methoxy groups -OCH3 is 1. The molecule has 1 heterocycles. The molecule has 2 N–H and O–H groups in total. The van der Waals surface area contributed by atoms with Crippen LogP contribution < -0.4 is 15.7 Å². The van der Waals surface area contributed by atoms with Gasteiger partial charge in [0.05, 0.1) is 18.0 Å². The molecule has 0 spiro atoms. The fourth-order valence-electron chi connectivity index (χ4n) is 5.34. The smallest absolute Gasteiger partial charge is 0.407 e. The van der Waals surface area contributed by atoms with Crippen LogP contribution in [-0.2, 0) is 30.8 Å². The number of hydrogen-bond donors (Lipinski definition) is 2. The van der Waals surface area contributed by atoms with E-state index in [-0.39, 0.29) is 30.4 Å². The molecule has 0 aliphatic rings. The highest BCUT2D eigenvalue weighted by atomic mass is 16.5. The second-order valence-electron chi connectivity index (χ2n) is 11.1. The third kappa shape index (κ3) is 7.71. The highest BCUT2D eigenvalue weighted by Gasteiger charge is 2.25. The standard InChI is InChI=1S/C36H36N4O6/c1-24-28(23-40(36(43)44)22-27-12-8-5-9-13-27)16-19-30-32(24)34(42)46-35(37-30)38-31(20-25-14-17-29(45-3)18-15-25)33(41)39(2)21-26-10-6-4-7-11-26/h4-19,31H,20-23H2,1-3H3,(H,37,38)(H,43,44)/t31-/m0/s1. The fourth-order valence-corrected chi connectivity index (χ4v) is 5.34. The van der Waals surface area contributed by atoms with Crippen molar-refractivity contribution in [1.82, 2.24) is 14.8 Å². The van der Waals surface area contributed by atoms with Crippen molar-refractivity contribution in [2.75, 3.05) is 19.5 Å². The first-order valence-corrected chi connectivity index (χ1v) is 14.9. The van der Waals surface area contributed by atoms with Gasteiger partial charge in [0.25, 0.3) is 6.01 Å². The number of anilines is 1. The molecule has 0 fully saturated rings. The number of carbonyl (C=O) groups is 2. The van der Waals surface area contributed by atoms with Crippen LogP contribution in [0.1, 0.15) is 27.8 Å². The lowest BCUT2D eigenvalue weighted by Crippen LogP contribution is -2.42. The number of ether oxygens (including phenoxy) is 1. The van der Waals surface area contributed by atoms with E-state index in [9.17, 15) is 19.5 Å². The Morgan fingerprint density at radius 3 is 2.11 bits per heavy atom. The first-order chi connectivity index (χ1) is 22.2. The summed E-state index contributed by atoms with van der Waals surface area (Å²) in [7, 11) is 3.32. The van der Waals surface area contributed by atoms with Crippen molar-refractivity contribution in [3.63, 3.8) is 0 Å². The summed E-state index contributed by atoms with van der Waals surface area (Å²) in [6.07, 6.45) is -0.770. The minimum atomic E-state index is -1.07. The third-order valence-electron chi connectivity index (χ3n) is 7.85. The monoisotopic (exact) mass is 620 g/mol. The molecule has 0 unspecified atom stereocenters. The van der Waals surface area contributed by atoms with Crippen molar-refractivity contribution in [1.29, 1.82) is 0 Å². The molecule has 1 atom stereocenters. The largest absolute Gasteiger partial charge is 0.497 e. The van der Waals surface area contributed by atoms with E-state index < -0.39 is 17.8 Å². The number of aryl methyl sites for hydroxylation is 1. The van der Waals surface area contributed by atoms with Crippen LogP contribution in [0.4, 0.5) is 10.8 Å². The average Bonchev–Trinajstić information content (AvgIpc) is 3.06. The number of hydrogen-bond acceptors (Lipinski definition) is 7. The van der Waals surface area contributed by atoms with Gasteiger partial charge >= 0.3 is 11.7 Å². The number of carbonyl (C=O) groups excluding carboxylic acids is 1. The summed E-state index contributed by atoms with van der Waals surface area (Å²) in [6, 6.07) is 28.9. The molecule has 5 rings (SSSR count). The van der Waals surface area contributed by atoms with Gasteiger partial charge in [-0.1, -0.05) is 78.9 Å². The van der Waals surface area contributed by atoms with E-state index in [1.54, 1.807) is 38.1 Å². The van der Waals surface area contributed by atoms with Crippen molar-refractivity contribution < 1.29 is 23.8 Å². The number of benzene rings is 4. The van der Waals surface area contributed by atoms with Gasteiger partial charge in [-0.3, -0.25) is 9.69 Å². The van der Waals surface area contributed by atoms with Crippen molar-refractivity contribution >= 4 is 28.9 Å². The molecule has 236 valence electrons. The van der Waals surface area contributed by atoms with Crippen molar-refractivity contribution in [3.8, 4) is 5.75 Å². The molecule has 0 saturated carbocycles. The van der Waals surface area contributed by atoms with E-state index in [1.165, 1.54) is 4.90 Å². The van der Waals surface area contributed by atoms with Crippen LogP contribution in [0.5, 0.6) is 5.75 Å². The molecule has 0 radical (unpaired) electrons. The Labute approximate surface area is 266 Å². The van der Waals surface area contributed by atoms with Gasteiger partial charge < -0.3 is 24.5 Å². The van der Waals surface area contributed by atoms with E-state index in [4.69, 9.17) is 9.15 Å². The van der Waals surface area contributed by atoms with Crippen molar-refractivity contribution in [2.24, 2.45) is 0 Å². The van der Waals surface area contributed by atoms with Gasteiger partial charge in [0.1, 0.15) is 11.8 Å². The average molecular weight is 621 g/mol. The van der Waals surface area contributed by atoms with E-state index in [0.29, 0.717) is 35.4 Å².